The molecule has 2 N–H and O–H groups in total. The van der Waals surface area contributed by atoms with Gasteiger partial charge in [0, 0.05) is 30.9 Å². The van der Waals surface area contributed by atoms with Crippen molar-refractivity contribution in [2.24, 2.45) is 5.92 Å². The number of amides is 3. The summed E-state index contributed by atoms with van der Waals surface area (Å²) < 4.78 is 5.63. The van der Waals surface area contributed by atoms with Gasteiger partial charge in [0.05, 0.1) is 5.92 Å². The highest BCUT2D eigenvalue weighted by molar-refractivity contribution is 6.00. The van der Waals surface area contributed by atoms with E-state index in [4.69, 9.17) is 4.74 Å². The molecule has 1 aliphatic rings. The summed E-state index contributed by atoms with van der Waals surface area (Å²) in [4.78, 5) is 39.3. The van der Waals surface area contributed by atoms with E-state index in [9.17, 15) is 14.4 Å². The second kappa shape index (κ2) is 11.9. The molecular formula is C31H35N3O4. The minimum atomic E-state index is -0.401. The summed E-state index contributed by atoms with van der Waals surface area (Å²) >= 11 is 0. The van der Waals surface area contributed by atoms with Crippen LogP contribution in [0.2, 0.25) is 0 Å². The predicted octanol–water partition coefficient (Wildman–Crippen LogP) is 5.11. The Balaban J connectivity index is 1.26. The van der Waals surface area contributed by atoms with Crippen molar-refractivity contribution in [2.45, 2.75) is 46.6 Å². The number of ether oxygens (including phenoxy) is 1. The van der Waals surface area contributed by atoms with Crippen LogP contribution in [-0.4, -0.2) is 30.9 Å². The van der Waals surface area contributed by atoms with Gasteiger partial charge in [-0.1, -0.05) is 50.2 Å². The number of nitrogens with one attached hydrogen (secondary N) is 2. The van der Waals surface area contributed by atoms with E-state index in [0.717, 1.165) is 22.4 Å². The van der Waals surface area contributed by atoms with Crippen molar-refractivity contribution >= 4 is 29.1 Å². The summed E-state index contributed by atoms with van der Waals surface area (Å²) in [5, 5.41) is 5.84. The normalized spacial score (nSPS) is 15.0. The van der Waals surface area contributed by atoms with Gasteiger partial charge in [0.2, 0.25) is 11.8 Å². The highest BCUT2D eigenvalue weighted by atomic mass is 16.5. The Kier molecular flexibility index (Phi) is 8.46. The molecule has 7 heteroatoms. The van der Waals surface area contributed by atoms with Crippen LogP contribution in [0.3, 0.4) is 0 Å². The molecule has 3 aromatic carbocycles. The van der Waals surface area contributed by atoms with Crippen LogP contribution in [0.5, 0.6) is 5.75 Å². The molecule has 1 atom stereocenters. The summed E-state index contributed by atoms with van der Waals surface area (Å²) in [6.07, 6.45) is 0.176. The van der Waals surface area contributed by atoms with Gasteiger partial charge in [0.25, 0.3) is 5.91 Å². The molecule has 0 unspecified atom stereocenters. The zero-order valence-electron chi connectivity index (χ0n) is 22.4. The number of hydrogen-bond donors (Lipinski definition) is 2. The topological polar surface area (TPSA) is 87.7 Å². The third-order valence-electron chi connectivity index (χ3n) is 7.01. The third-order valence-corrected chi connectivity index (χ3v) is 7.01. The van der Waals surface area contributed by atoms with Crippen LogP contribution in [0.15, 0.2) is 66.7 Å². The van der Waals surface area contributed by atoms with E-state index in [1.54, 1.807) is 29.2 Å². The van der Waals surface area contributed by atoms with Gasteiger partial charge >= 0.3 is 0 Å². The molecule has 4 rings (SSSR count). The maximum Gasteiger partial charge on any atom is 0.262 e. The number of hydrogen-bond acceptors (Lipinski definition) is 4. The van der Waals surface area contributed by atoms with Gasteiger partial charge in [0.15, 0.2) is 6.61 Å². The standard InChI is InChI=1S/C31H35N3O4/c1-20(2)24-10-8-23(9-11-24)17-32-31(37)25-16-30(36)34(18-25)26-12-14-27(15-13-26)38-19-29(35)33-28-7-5-6-21(3)22(28)4/h5-15,20,25H,16-19H2,1-4H3,(H,32,37)(H,33,35)/t25-/m1/s1. The Morgan fingerprint density at radius 3 is 2.39 bits per heavy atom. The molecule has 0 spiro atoms. The van der Waals surface area contributed by atoms with Crippen molar-refractivity contribution in [3.8, 4) is 5.75 Å². The van der Waals surface area contributed by atoms with Crippen LogP contribution in [-0.2, 0) is 20.9 Å². The van der Waals surface area contributed by atoms with Crippen molar-refractivity contribution in [3.05, 3.63) is 89.0 Å². The molecule has 38 heavy (non-hydrogen) atoms. The van der Waals surface area contributed by atoms with Crippen LogP contribution in [0.1, 0.15) is 48.4 Å². The monoisotopic (exact) mass is 513 g/mol. The molecule has 1 fully saturated rings. The van der Waals surface area contributed by atoms with Crippen molar-refractivity contribution < 1.29 is 19.1 Å². The molecule has 1 heterocycles. The third kappa shape index (κ3) is 6.59. The summed E-state index contributed by atoms with van der Waals surface area (Å²) in [7, 11) is 0. The van der Waals surface area contributed by atoms with E-state index in [1.807, 2.05) is 44.2 Å². The SMILES string of the molecule is Cc1cccc(NC(=O)COc2ccc(N3C[C@H](C(=O)NCc4ccc(C(C)C)cc4)CC3=O)cc2)c1C. The summed E-state index contributed by atoms with van der Waals surface area (Å²) in [6.45, 7) is 8.89. The molecule has 1 aliphatic heterocycles. The van der Waals surface area contributed by atoms with Gasteiger partial charge in [-0.15, -0.1) is 0 Å². The van der Waals surface area contributed by atoms with Gasteiger partial charge < -0.3 is 20.3 Å². The smallest absolute Gasteiger partial charge is 0.262 e. The average Bonchev–Trinajstić information content (AvgIpc) is 3.31. The van der Waals surface area contributed by atoms with Crippen molar-refractivity contribution in [3.63, 3.8) is 0 Å². The first-order chi connectivity index (χ1) is 18.2. The second-order valence-electron chi connectivity index (χ2n) is 10.1. The number of carbonyl (C=O) groups excluding carboxylic acids is 3. The summed E-state index contributed by atoms with van der Waals surface area (Å²) in [6, 6.07) is 21.0. The van der Waals surface area contributed by atoms with E-state index < -0.39 is 5.92 Å². The van der Waals surface area contributed by atoms with Gasteiger partial charge in [-0.3, -0.25) is 14.4 Å². The Morgan fingerprint density at radius 1 is 1.00 bits per heavy atom. The van der Waals surface area contributed by atoms with Gasteiger partial charge in [-0.05, 0) is 72.4 Å². The lowest BCUT2D eigenvalue weighted by Crippen LogP contribution is -2.32. The molecule has 3 aromatic rings. The molecule has 7 nitrogen and oxygen atoms in total. The van der Waals surface area contributed by atoms with E-state index in [-0.39, 0.29) is 30.7 Å². The Labute approximate surface area is 224 Å². The highest BCUT2D eigenvalue weighted by Gasteiger charge is 2.35. The van der Waals surface area contributed by atoms with E-state index in [2.05, 4.69) is 36.6 Å². The number of aryl methyl sites for hydroxylation is 1. The lowest BCUT2D eigenvalue weighted by molar-refractivity contribution is -0.126. The maximum atomic E-state index is 12.7. The Hall–Kier alpha value is -4.13. The summed E-state index contributed by atoms with van der Waals surface area (Å²) in [5.74, 6) is 0.123. The number of rotatable bonds is 9. The van der Waals surface area contributed by atoms with Crippen LogP contribution in [0.25, 0.3) is 0 Å². The molecule has 0 aliphatic carbocycles. The first-order valence-electron chi connectivity index (χ1n) is 13.0. The van der Waals surface area contributed by atoms with Crippen LogP contribution < -0.4 is 20.3 Å². The van der Waals surface area contributed by atoms with E-state index >= 15 is 0 Å². The average molecular weight is 514 g/mol. The molecule has 0 saturated carbocycles. The fourth-order valence-electron chi connectivity index (χ4n) is 4.43. The van der Waals surface area contributed by atoms with Crippen molar-refractivity contribution in [1.29, 1.82) is 0 Å². The fourth-order valence-corrected chi connectivity index (χ4v) is 4.43. The number of carbonyl (C=O) groups is 3. The fraction of sp³-hybridized carbons (Fsp3) is 0.323. The lowest BCUT2D eigenvalue weighted by atomic mass is 10.0. The minimum Gasteiger partial charge on any atom is -0.484 e. The quantitative estimate of drug-likeness (QED) is 0.416. The molecule has 198 valence electrons. The van der Waals surface area contributed by atoms with Crippen molar-refractivity contribution in [1.82, 2.24) is 5.32 Å². The predicted molar refractivity (Wildman–Crippen MR) is 149 cm³/mol. The number of benzene rings is 3. The lowest BCUT2D eigenvalue weighted by Gasteiger charge is -2.17. The van der Waals surface area contributed by atoms with Gasteiger partial charge in [-0.2, -0.15) is 0 Å². The molecular weight excluding hydrogens is 478 g/mol. The number of anilines is 2. The molecule has 0 bridgehead atoms. The van der Waals surface area contributed by atoms with Crippen LogP contribution in [0.4, 0.5) is 11.4 Å². The Bertz CT molecular complexity index is 1300. The zero-order valence-corrected chi connectivity index (χ0v) is 22.4. The van der Waals surface area contributed by atoms with Crippen LogP contribution in [0, 0.1) is 19.8 Å². The molecule has 0 aromatic heterocycles. The van der Waals surface area contributed by atoms with Gasteiger partial charge in [0.1, 0.15) is 5.75 Å². The first-order valence-corrected chi connectivity index (χ1v) is 13.0. The number of nitrogens with zero attached hydrogens (tertiary/aromatic N) is 1. The second-order valence-corrected chi connectivity index (χ2v) is 10.1. The largest absolute Gasteiger partial charge is 0.484 e. The zero-order chi connectivity index (χ0) is 27.2. The molecule has 0 radical (unpaired) electrons. The minimum absolute atomic E-state index is 0.0898. The van der Waals surface area contributed by atoms with Crippen LogP contribution >= 0.6 is 0 Å². The first kappa shape index (κ1) is 26.9. The van der Waals surface area contributed by atoms with E-state index in [1.165, 1.54) is 5.56 Å². The molecule has 1 saturated heterocycles. The highest BCUT2D eigenvalue weighted by Crippen LogP contribution is 2.27. The summed E-state index contributed by atoms with van der Waals surface area (Å²) in [5.41, 5.74) is 5.88. The maximum absolute atomic E-state index is 12.7. The van der Waals surface area contributed by atoms with E-state index in [0.29, 0.717) is 30.4 Å². The molecule has 3 amide bonds. The van der Waals surface area contributed by atoms with Gasteiger partial charge in [-0.25, -0.2) is 0 Å². The Morgan fingerprint density at radius 2 is 1.71 bits per heavy atom. The van der Waals surface area contributed by atoms with Crippen molar-refractivity contribution in [2.75, 3.05) is 23.4 Å².